The van der Waals surface area contributed by atoms with E-state index in [0.29, 0.717) is 28.5 Å². The first-order valence-electron chi connectivity index (χ1n) is 10.1. The molecule has 0 spiro atoms. The second-order valence-electron chi connectivity index (χ2n) is 7.49. The van der Waals surface area contributed by atoms with Gasteiger partial charge >= 0.3 is 0 Å². The summed E-state index contributed by atoms with van der Waals surface area (Å²) in [6.07, 6.45) is 3.35. The molecule has 0 aliphatic carbocycles. The van der Waals surface area contributed by atoms with Crippen molar-refractivity contribution in [3.63, 3.8) is 0 Å². The van der Waals surface area contributed by atoms with Gasteiger partial charge < -0.3 is 15.5 Å². The average Bonchev–Trinajstić information content (AvgIpc) is 3.20. The van der Waals surface area contributed by atoms with Crippen LogP contribution in [0.3, 0.4) is 0 Å². The number of benzene rings is 2. The minimum Gasteiger partial charge on any atom is -0.352 e. The second-order valence-corrected chi connectivity index (χ2v) is 7.93. The molecule has 0 saturated carbocycles. The lowest BCUT2D eigenvalue weighted by molar-refractivity contribution is -0.126. The van der Waals surface area contributed by atoms with Crippen LogP contribution < -0.4 is 15.5 Å². The fourth-order valence-electron chi connectivity index (χ4n) is 3.57. The van der Waals surface area contributed by atoms with Gasteiger partial charge in [0.2, 0.25) is 11.8 Å². The van der Waals surface area contributed by atoms with Gasteiger partial charge in [-0.2, -0.15) is 0 Å². The van der Waals surface area contributed by atoms with Gasteiger partial charge in [0.15, 0.2) is 0 Å². The molecule has 2 N–H and O–H groups in total. The molecule has 1 aromatic heterocycles. The molecular formula is C24H21ClN4O3. The minimum absolute atomic E-state index is 0.109. The van der Waals surface area contributed by atoms with Gasteiger partial charge in [-0.3, -0.25) is 19.4 Å². The Kier molecular flexibility index (Phi) is 6.47. The van der Waals surface area contributed by atoms with Crippen LogP contribution in [0, 0.1) is 5.92 Å². The molecule has 1 fully saturated rings. The zero-order chi connectivity index (χ0) is 22.5. The first-order chi connectivity index (χ1) is 15.5. The molecule has 0 unspecified atom stereocenters. The highest BCUT2D eigenvalue weighted by Crippen LogP contribution is 2.27. The highest BCUT2D eigenvalue weighted by molar-refractivity contribution is 6.31. The molecule has 3 amide bonds. The van der Waals surface area contributed by atoms with Crippen molar-refractivity contribution in [3.05, 3.63) is 89.2 Å². The van der Waals surface area contributed by atoms with Crippen LogP contribution in [0.2, 0.25) is 5.02 Å². The standard InChI is InChI=1S/C24H21ClN4O3/c25-19-5-2-6-21(13-19)29-15-18(12-22(29)30)23(31)27-14-16-3-1-4-17(11-16)24(32)28-20-7-9-26-10-8-20/h1-11,13,18H,12,14-15H2,(H,27,31)(H,26,28,32)/t18-/m1/s1. The van der Waals surface area contributed by atoms with Crippen molar-refractivity contribution in [2.45, 2.75) is 13.0 Å². The Balaban J connectivity index is 1.35. The van der Waals surface area contributed by atoms with E-state index in [2.05, 4.69) is 15.6 Å². The van der Waals surface area contributed by atoms with Crippen molar-refractivity contribution >= 4 is 40.7 Å². The van der Waals surface area contributed by atoms with Gasteiger partial charge in [-0.25, -0.2) is 0 Å². The van der Waals surface area contributed by atoms with E-state index in [1.807, 2.05) is 6.07 Å². The summed E-state index contributed by atoms with van der Waals surface area (Å²) >= 11 is 6.02. The number of carbonyl (C=O) groups excluding carboxylic acids is 3. The monoisotopic (exact) mass is 448 g/mol. The van der Waals surface area contributed by atoms with Crippen LogP contribution in [0.5, 0.6) is 0 Å². The molecule has 0 bridgehead atoms. The molecular weight excluding hydrogens is 428 g/mol. The Labute approximate surface area is 190 Å². The molecule has 1 atom stereocenters. The Hall–Kier alpha value is -3.71. The zero-order valence-electron chi connectivity index (χ0n) is 17.1. The van der Waals surface area contributed by atoms with Crippen molar-refractivity contribution in [2.24, 2.45) is 5.92 Å². The van der Waals surface area contributed by atoms with Crippen molar-refractivity contribution in [1.82, 2.24) is 10.3 Å². The van der Waals surface area contributed by atoms with E-state index in [1.165, 1.54) is 0 Å². The summed E-state index contributed by atoms with van der Waals surface area (Å²) in [5.41, 5.74) is 2.61. The summed E-state index contributed by atoms with van der Waals surface area (Å²) in [6, 6.07) is 17.5. The van der Waals surface area contributed by atoms with E-state index in [-0.39, 0.29) is 30.7 Å². The first kappa shape index (κ1) is 21.5. The van der Waals surface area contributed by atoms with Gasteiger partial charge in [-0.1, -0.05) is 29.8 Å². The van der Waals surface area contributed by atoms with Crippen LogP contribution in [-0.2, 0) is 16.1 Å². The molecule has 7 nitrogen and oxygen atoms in total. The third kappa shape index (κ3) is 5.12. The fourth-order valence-corrected chi connectivity index (χ4v) is 3.76. The number of nitrogens with zero attached hydrogens (tertiary/aromatic N) is 2. The maximum absolute atomic E-state index is 12.7. The molecule has 32 heavy (non-hydrogen) atoms. The van der Waals surface area contributed by atoms with Crippen LogP contribution in [0.4, 0.5) is 11.4 Å². The molecule has 3 aromatic rings. The quantitative estimate of drug-likeness (QED) is 0.602. The van der Waals surface area contributed by atoms with E-state index < -0.39 is 5.92 Å². The summed E-state index contributed by atoms with van der Waals surface area (Å²) in [7, 11) is 0. The van der Waals surface area contributed by atoms with Crippen molar-refractivity contribution in [2.75, 3.05) is 16.8 Å². The van der Waals surface area contributed by atoms with Gasteiger partial charge in [0, 0.05) is 53.9 Å². The van der Waals surface area contributed by atoms with E-state index in [9.17, 15) is 14.4 Å². The maximum atomic E-state index is 12.7. The Bertz CT molecular complexity index is 1150. The normalized spacial score (nSPS) is 15.5. The number of anilines is 2. The molecule has 162 valence electrons. The number of hydrogen-bond donors (Lipinski definition) is 2. The molecule has 0 radical (unpaired) electrons. The Morgan fingerprint density at radius 1 is 1.06 bits per heavy atom. The van der Waals surface area contributed by atoms with Crippen LogP contribution >= 0.6 is 11.6 Å². The third-order valence-electron chi connectivity index (χ3n) is 5.21. The lowest BCUT2D eigenvalue weighted by atomic mass is 10.1. The number of hydrogen-bond acceptors (Lipinski definition) is 4. The number of rotatable bonds is 6. The molecule has 8 heteroatoms. The Morgan fingerprint density at radius 2 is 1.84 bits per heavy atom. The number of pyridine rings is 1. The predicted octanol–water partition coefficient (Wildman–Crippen LogP) is 3.66. The van der Waals surface area contributed by atoms with Crippen LogP contribution in [0.25, 0.3) is 0 Å². The molecule has 1 aliphatic heterocycles. The fraction of sp³-hybridized carbons (Fsp3) is 0.167. The van der Waals surface area contributed by atoms with Gasteiger partial charge in [-0.15, -0.1) is 0 Å². The van der Waals surface area contributed by atoms with Crippen LogP contribution in [0.15, 0.2) is 73.1 Å². The molecule has 1 aliphatic rings. The number of aromatic nitrogens is 1. The second kappa shape index (κ2) is 9.62. The number of carbonyl (C=O) groups is 3. The van der Waals surface area contributed by atoms with Gasteiger partial charge in [0.05, 0.1) is 5.92 Å². The SMILES string of the molecule is O=C(Nc1ccncc1)c1cccc(CNC(=O)[C@@H]2CC(=O)N(c3cccc(Cl)c3)C2)c1. The summed E-state index contributed by atoms with van der Waals surface area (Å²) in [6.45, 7) is 0.566. The summed E-state index contributed by atoms with van der Waals surface area (Å²) < 4.78 is 0. The van der Waals surface area contributed by atoms with E-state index >= 15 is 0 Å². The summed E-state index contributed by atoms with van der Waals surface area (Å²) in [5.74, 6) is -1.00. The maximum Gasteiger partial charge on any atom is 0.255 e. The molecule has 1 saturated heterocycles. The lowest BCUT2D eigenvalue weighted by Crippen LogP contribution is -2.32. The average molecular weight is 449 g/mol. The zero-order valence-corrected chi connectivity index (χ0v) is 17.9. The largest absolute Gasteiger partial charge is 0.352 e. The van der Waals surface area contributed by atoms with Crippen LogP contribution in [0.1, 0.15) is 22.3 Å². The topological polar surface area (TPSA) is 91.4 Å². The van der Waals surface area contributed by atoms with Crippen LogP contribution in [-0.4, -0.2) is 29.3 Å². The van der Waals surface area contributed by atoms with Gasteiger partial charge in [0.25, 0.3) is 5.91 Å². The summed E-state index contributed by atoms with van der Waals surface area (Å²) in [5, 5.41) is 6.22. The number of halogens is 1. The minimum atomic E-state index is -0.445. The van der Waals surface area contributed by atoms with E-state index in [1.54, 1.807) is 71.9 Å². The van der Waals surface area contributed by atoms with Crippen molar-refractivity contribution < 1.29 is 14.4 Å². The van der Waals surface area contributed by atoms with Crippen molar-refractivity contribution in [3.8, 4) is 0 Å². The van der Waals surface area contributed by atoms with Gasteiger partial charge in [-0.05, 0) is 48.0 Å². The molecule has 2 heterocycles. The van der Waals surface area contributed by atoms with Crippen molar-refractivity contribution in [1.29, 1.82) is 0 Å². The lowest BCUT2D eigenvalue weighted by Gasteiger charge is -2.17. The molecule has 2 aromatic carbocycles. The number of amides is 3. The predicted molar refractivity (Wildman–Crippen MR) is 122 cm³/mol. The highest BCUT2D eigenvalue weighted by atomic mass is 35.5. The highest BCUT2D eigenvalue weighted by Gasteiger charge is 2.35. The summed E-state index contributed by atoms with van der Waals surface area (Å²) in [4.78, 5) is 43.0. The van der Waals surface area contributed by atoms with E-state index in [4.69, 9.17) is 11.6 Å². The van der Waals surface area contributed by atoms with Gasteiger partial charge in [0.1, 0.15) is 0 Å². The van der Waals surface area contributed by atoms with E-state index in [0.717, 1.165) is 5.56 Å². The first-order valence-corrected chi connectivity index (χ1v) is 10.5. The third-order valence-corrected chi connectivity index (χ3v) is 5.44. The molecule has 4 rings (SSSR count). The Morgan fingerprint density at radius 3 is 2.62 bits per heavy atom. The smallest absolute Gasteiger partial charge is 0.255 e. The number of nitrogens with one attached hydrogen (secondary N) is 2.